The number of hydrazone groups is 1. The van der Waals surface area contributed by atoms with E-state index in [1.54, 1.807) is 31.4 Å². The zero-order chi connectivity index (χ0) is 16.4. The van der Waals surface area contributed by atoms with Gasteiger partial charge in [0.15, 0.2) is 17.3 Å². The van der Waals surface area contributed by atoms with Crippen LogP contribution in [0, 0.1) is 23.0 Å². The molecule has 3 rings (SSSR count). The van der Waals surface area contributed by atoms with Gasteiger partial charge in [-0.05, 0) is 12.1 Å². The number of halogens is 2. The van der Waals surface area contributed by atoms with Gasteiger partial charge in [-0.2, -0.15) is 10.4 Å². The maximum atomic E-state index is 13.3. The Bertz CT molecular complexity index is 940. The molecule has 0 radical (unpaired) electrons. The minimum absolute atomic E-state index is 0.0648. The van der Waals surface area contributed by atoms with E-state index in [0.717, 1.165) is 12.1 Å². The van der Waals surface area contributed by atoms with E-state index < -0.39 is 11.6 Å². The fraction of sp³-hybridized carbons (Fsp3) is 0.0667. The molecule has 0 unspecified atom stereocenters. The second kappa shape index (κ2) is 5.81. The van der Waals surface area contributed by atoms with Gasteiger partial charge in [-0.25, -0.2) is 19.2 Å². The number of nitrogens with one attached hydrogen (secondary N) is 1. The van der Waals surface area contributed by atoms with Crippen molar-refractivity contribution in [2.45, 2.75) is 0 Å². The van der Waals surface area contributed by atoms with Crippen LogP contribution in [0.15, 0.2) is 41.6 Å². The summed E-state index contributed by atoms with van der Waals surface area (Å²) >= 11 is 0. The van der Waals surface area contributed by atoms with Gasteiger partial charge in [0.25, 0.3) is 0 Å². The minimum Gasteiger partial charge on any atom is -0.312 e. The number of nitrogens with zero attached hydrogens (tertiary/aromatic N) is 5. The summed E-state index contributed by atoms with van der Waals surface area (Å²) in [5.74, 6) is -1.69. The Morgan fingerprint density at radius 2 is 2.09 bits per heavy atom. The van der Waals surface area contributed by atoms with Crippen LogP contribution in [0.5, 0.6) is 0 Å². The molecule has 8 heteroatoms. The van der Waals surface area contributed by atoms with Gasteiger partial charge >= 0.3 is 0 Å². The van der Waals surface area contributed by atoms with E-state index in [4.69, 9.17) is 5.26 Å². The average Bonchev–Trinajstić information content (AvgIpc) is 2.85. The van der Waals surface area contributed by atoms with E-state index in [1.807, 2.05) is 6.07 Å². The molecule has 0 spiro atoms. The molecular formula is C15H10F2N6. The molecule has 0 bridgehead atoms. The van der Waals surface area contributed by atoms with Crippen LogP contribution in [0.4, 0.5) is 14.7 Å². The largest absolute Gasteiger partial charge is 0.312 e. The van der Waals surface area contributed by atoms with Crippen molar-refractivity contribution in [3.8, 4) is 6.07 Å². The van der Waals surface area contributed by atoms with Gasteiger partial charge in [-0.15, -0.1) is 0 Å². The molecule has 2 heterocycles. The molecule has 0 amide bonds. The Morgan fingerprint density at radius 3 is 2.78 bits per heavy atom. The maximum Gasteiger partial charge on any atom is 0.224 e. The summed E-state index contributed by atoms with van der Waals surface area (Å²) in [5, 5.41) is 13.1. The molecule has 0 atom stereocenters. The summed E-state index contributed by atoms with van der Waals surface area (Å²) < 4.78 is 28.1. The normalized spacial score (nSPS) is 11.5. The van der Waals surface area contributed by atoms with E-state index >= 15 is 0 Å². The van der Waals surface area contributed by atoms with Gasteiger partial charge in [0.1, 0.15) is 11.8 Å². The number of hydrogen-bond acceptors (Lipinski definition) is 5. The Balaban J connectivity index is 1.97. The van der Waals surface area contributed by atoms with Crippen LogP contribution >= 0.6 is 0 Å². The van der Waals surface area contributed by atoms with Crippen molar-refractivity contribution in [3.63, 3.8) is 0 Å². The standard InChI is InChI=1S/C15H10F2N6/c1-23-14-7-10(17)9(16)6-12(14)20-15(23)22-21-13(8-18)11-4-2-3-5-19-11/h2-7H,1H3,(H,20,22)/b21-13+. The molecule has 0 aliphatic rings. The van der Waals surface area contributed by atoms with E-state index in [2.05, 4.69) is 20.5 Å². The number of nitriles is 1. The number of fused-ring (bicyclic) bond motifs is 1. The number of imidazole rings is 1. The van der Waals surface area contributed by atoms with Crippen LogP contribution in [0.3, 0.4) is 0 Å². The first-order valence-corrected chi connectivity index (χ1v) is 6.57. The third-order valence-electron chi connectivity index (χ3n) is 3.20. The SMILES string of the molecule is Cn1c(N/N=C(\C#N)c2ccccn2)nc2cc(F)c(F)cc21. The van der Waals surface area contributed by atoms with Crippen LogP contribution in [0.25, 0.3) is 11.0 Å². The summed E-state index contributed by atoms with van der Waals surface area (Å²) in [6.45, 7) is 0. The zero-order valence-corrected chi connectivity index (χ0v) is 12.0. The van der Waals surface area contributed by atoms with Gasteiger partial charge in [0, 0.05) is 25.4 Å². The van der Waals surface area contributed by atoms with Crippen LogP contribution in [0.1, 0.15) is 5.69 Å². The van der Waals surface area contributed by atoms with Crippen molar-refractivity contribution in [2.75, 3.05) is 5.43 Å². The zero-order valence-electron chi connectivity index (χ0n) is 12.0. The highest BCUT2D eigenvalue weighted by Crippen LogP contribution is 2.21. The number of aryl methyl sites for hydroxylation is 1. The van der Waals surface area contributed by atoms with Gasteiger partial charge in [-0.1, -0.05) is 6.07 Å². The molecular weight excluding hydrogens is 302 g/mol. The molecule has 1 aromatic carbocycles. The minimum atomic E-state index is -0.975. The second-order valence-corrected chi connectivity index (χ2v) is 4.65. The second-order valence-electron chi connectivity index (χ2n) is 4.65. The molecule has 0 aliphatic carbocycles. The Morgan fingerprint density at radius 1 is 1.30 bits per heavy atom. The fourth-order valence-corrected chi connectivity index (χ4v) is 2.04. The van der Waals surface area contributed by atoms with Gasteiger partial charge < -0.3 is 4.57 Å². The number of pyridine rings is 1. The number of aromatic nitrogens is 3. The van der Waals surface area contributed by atoms with E-state index in [9.17, 15) is 8.78 Å². The lowest BCUT2D eigenvalue weighted by molar-refractivity contribution is 0.510. The smallest absolute Gasteiger partial charge is 0.224 e. The van der Waals surface area contributed by atoms with Crippen LogP contribution in [0.2, 0.25) is 0 Å². The highest BCUT2D eigenvalue weighted by Gasteiger charge is 2.12. The maximum absolute atomic E-state index is 13.3. The van der Waals surface area contributed by atoms with Crippen LogP contribution in [-0.2, 0) is 7.05 Å². The lowest BCUT2D eigenvalue weighted by atomic mass is 10.2. The molecule has 23 heavy (non-hydrogen) atoms. The lowest BCUT2D eigenvalue weighted by Gasteiger charge is -2.02. The monoisotopic (exact) mass is 312 g/mol. The summed E-state index contributed by atoms with van der Waals surface area (Å²) in [7, 11) is 1.62. The van der Waals surface area contributed by atoms with E-state index in [1.165, 1.54) is 4.57 Å². The molecule has 3 aromatic rings. The third kappa shape index (κ3) is 2.72. The van der Waals surface area contributed by atoms with Gasteiger partial charge in [0.2, 0.25) is 5.95 Å². The first-order chi connectivity index (χ1) is 11.1. The van der Waals surface area contributed by atoms with Gasteiger partial charge in [0.05, 0.1) is 11.0 Å². The van der Waals surface area contributed by atoms with Crippen molar-refractivity contribution in [1.82, 2.24) is 14.5 Å². The molecule has 0 saturated heterocycles. The van der Waals surface area contributed by atoms with Gasteiger partial charge in [-0.3, -0.25) is 4.98 Å². The number of hydrogen-bond donors (Lipinski definition) is 1. The van der Waals surface area contributed by atoms with E-state index in [-0.39, 0.29) is 17.2 Å². The quantitative estimate of drug-likeness (QED) is 0.595. The molecule has 2 aromatic heterocycles. The Labute approximate surface area is 129 Å². The molecule has 0 aliphatic heterocycles. The Kier molecular flexibility index (Phi) is 3.68. The first-order valence-electron chi connectivity index (χ1n) is 6.57. The predicted octanol–water partition coefficient (Wildman–Crippen LogP) is 2.59. The molecule has 0 saturated carbocycles. The van der Waals surface area contributed by atoms with Crippen molar-refractivity contribution < 1.29 is 8.78 Å². The summed E-state index contributed by atoms with van der Waals surface area (Å²) in [6.07, 6.45) is 1.54. The molecule has 0 fully saturated rings. The molecule has 6 nitrogen and oxygen atoms in total. The fourth-order valence-electron chi connectivity index (χ4n) is 2.04. The summed E-state index contributed by atoms with van der Waals surface area (Å²) in [6, 6.07) is 9.08. The summed E-state index contributed by atoms with van der Waals surface area (Å²) in [4.78, 5) is 8.15. The highest BCUT2D eigenvalue weighted by molar-refractivity contribution is 6.10. The van der Waals surface area contributed by atoms with Crippen molar-refractivity contribution in [2.24, 2.45) is 12.1 Å². The highest BCUT2D eigenvalue weighted by atomic mass is 19.2. The molecule has 114 valence electrons. The predicted molar refractivity (Wildman–Crippen MR) is 80.6 cm³/mol. The first kappa shape index (κ1) is 14.6. The van der Waals surface area contributed by atoms with Crippen LogP contribution < -0.4 is 5.43 Å². The lowest BCUT2D eigenvalue weighted by Crippen LogP contribution is -2.06. The topological polar surface area (TPSA) is 78.9 Å². The van der Waals surface area contributed by atoms with Crippen molar-refractivity contribution in [1.29, 1.82) is 5.26 Å². The van der Waals surface area contributed by atoms with E-state index in [0.29, 0.717) is 11.2 Å². The van der Waals surface area contributed by atoms with Crippen LogP contribution in [-0.4, -0.2) is 20.2 Å². The summed E-state index contributed by atoms with van der Waals surface area (Å²) in [5.41, 5.74) is 3.77. The van der Waals surface area contributed by atoms with Crippen molar-refractivity contribution >= 4 is 22.7 Å². The third-order valence-corrected chi connectivity index (χ3v) is 3.20. The molecule has 1 N–H and O–H groups in total. The number of benzene rings is 1. The van der Waals surface area contributed by atoms with Crippen molar-refractivity contribution in [3.05, 3.63) is 53.9 Å². The number of anilines is 1. The number of rotatable bonds is 3. The Hall–Kier alpha value is -3.34. The average molecular weight is 312 g/mol.